The van der Waals surface area contributed by atoms with Crippen molar-refractivity contribution in [3.05, 3.63) is 64.6 Å². The second-order valence-electron chi connectivity index (χ2n) is 4.43. The van der Waals surface area contributed by atoms with Gasteiger partial charge in [0.15, 0.2) is 5.16 Å². The summed E-state index contributed by atoms with van der Waals surface area (Å²) in [5.74, 6) is 1.23. The molecule has 3 aromatic rings. The highest BCUT2D eigenvalue weighted by atomic mass is 79.9. The lowest BCUT2D eigenvalue weighted by Crippen LogP contribution is -2.02. The molecule has 0 radical (unpaired) electrons. The molecule has 0 unspecified atom stereocenters. The summed E-state index contributed by atoms with van der Waals surface area (Å²) in [6.45, 7) is 0. The Morgan fingerprint density at radius 1 is 1.00 bits per heavy atom. The van der Waals surface area contributed by atoms with Gasteiger partial charge in [0.1, 0.15) is 0 Å². The van der Waals surface area contributed by atoms with Crippen LogP contribution in [0.4, 0.5) is 5.95 Å². The lowest BCUT2D eigenvalue weighted by atomic mass is 10.2. The van der Waals surface area contributed by atoms with Crippen LogP contribution in [-0.2, 0) is 5.75 Å². The van der Waals surface area contributed by atoms with Crippen LogP contribution in [0.3, 0.4) is 0 Å². The first-order valence-corrected chi connectivity index (χ1v) is 8.15. The SMILES string of the molecule is Nc1nnc(SCc2ccccc2)n1-c1ccc(Br)cc1. The highest BCUT2D eigenvalue weighted by Gasteiger charge is 2.12. The van der Waals surface area contributed by atoms with Crippen LogP contribution in [-0.4, -0.2) is 14.8 Å². The zero-order chi connectivity index (χ0) is 14.7. The molecule has 0 saturated heterocycles. The lowest BCUT2D eigenvalue weighted by Gasteiger charge is -2.08. The fourth-order valence-electron chi connectivity index (χ4n) is 1.93. The Morgan fingerprint density at radius 3 is 2.43 bits per heavy atom. The van der Waals surface area contributed by atoms with Crippen molar-refractivity contribution in [1.29, 1.82) is 0 Å². The molecular weight excluding hydrogens is 348 g/mol. The molecule has 4 nitrogen and oxygen atoms in total. The summed E-state index contributed by atoms with van der Waals surface area (Å²) in [6, 6.07) is 18.2. The van der Waals surface area contributed by atoms with Gasteiger partial charge in [0.2, 0.25) is 5.95 Å². The molecule has 2 aromatic carbocycles. The molecule has 1 aromatic heterocycles. The second-order valence-corrected chi connectivity index (χ2v) is 6.29. The van der Waals surface area contributed by atoms with Crippen LogP contribution in [0.15, 0.2) is 64.2 Å². The fourth-order valence-corrected chi connectivity index (χ4v) is 3.11. The maximum absolute atomic E-state index is 5.94. The number of nitrogen functional groups attached to an aromatic ring is 1. The molecule has 21 heavy (non-hydrogen) atoms. The molecule has 0 spiro atoms. The van der Waals surface area contributed by atoms with Gasteiger partial charge in [0.05, 0.1) is 5.69 Å². The maximum Gasteiger partial charge on any atom is 0.227 e. The first-order chi connectivity index (χ1) is 10.2. The molecule has 0 bridgehead atoms. The van der Waals surface area contributed by atoms with E-state index in [1.54, 1.807) is 11.8 Å². The number of nitrogens with two attached hydrogens (primary N) is 1. The van der Waals surface area contributed by atoms with E-state index in [-0.39, 0.29) is 0 Å². The van der Waals surface area contributed by atoms with Crippen molar-refractivity contribution in [3.63, 3.8) is 0 Å². The third-order valence-corrected chi connectivity index (χ3v) is 4.48. The molecule has 0 fully saturated rings. The van der Waals surface area contributed by atoms with Crippen molar-refractivity contribution in [2.75, 3.05) is 5.73 Å². The third kappa shape index (κ3) is 3.28. The average molecular weight is 361 g/mol. The first-order valence-electron chi connectivity index (χ1n) is 6.37. The number of rotatable bonds is 4. The van der Waals surface area contributed by atoms with Crippen molar-refractivity contribution in [2.45, 2.75) is 10.9 Å². The van der Waals surface area contributed by atoms with Gasteiger partial charge in [-0.3, -0.25) is 4.57 Å². The second kappa shape index (κ2) is 6.32. The summed E-state index contributed by atoms with van der Waals surface area (Å²) in [5, 5.41) is 8.95. The molecule has 0 aliphatic rings. The molecule has 0 atom stereocenters. The van der Waals surface area contributed by atoms with Crippen LogP contribution in [0.1, 0.15) is 5.56 Å². The van der Waals surface area contributed by atoms with Crippen LogP contribution in [0.5, 0.6) is 0 Å². The summed E-state index contributed by atoms with van der Waals surface area (Å²) >= 11 is 5.05. The van der Waals surface area contributed by atoms with E-state index in [1.165, 1.54) is 5.56 Å². The predicted octanol–water partition coefficient (Wildman–Crippen LogP) is 3.90. The van der Waals surface area contributed by atoms with E-state index in [0.29, 0.717) is 5.95 Å². The third-order valence-electron chi connectivity index (χ3n) is 2.95. The van der Waals surface area contributed by atoms with Crippen molar-refractivity contribution < 1.29 is 0 Å². The summed E-state index contributed by atoms with van der Waals surface area (Å²) in [6.07, 6.45) is 0. The van der Waals surface area contributed by atoms with Crippen molar-refractivity contribution in [3.8, 4) is 5.69 Å². The number of hydrogen-bond donors (Lipinski definition) is 1. The van der Waals surface area contributed by atoms with Crippen molar-refractivity contribution in [1.82, 2.24) is 14.8 Å². The van der Waals surface area contributed by atoms with E-state index in [0.717, 1.165) is 21.1 Å². The van der Waals surface area contributed by atoms with Gasteiger partial charge in [0.25, 0.3) is 0 Å². The Balaban J connectivity index is 1.85. The van der Waals surface area contributed by atoms with Crippen molar-refractivity contribution >= 4 is 33.6 Å². The van der Waals surface area contributed by atoms with E-state index < -0.39 is 0 Å². The van der Waals surface area contributed by atoms with Crippen LogP contribution in [0.2, 0.25) is 0 Å². The molecule has 106 valence electrons. The Hall–Kier alpha value is -1.79. The van der Waals surface area contributed by atoms with Gasteiger partial charge in [0, 0.05) is 10.2 Å². The zero-order valence-electron chi connectivity index (χ0n) is 11.1. The minimum atomic E-state index is 0.396. The maximum atomic E-state index is 5.94. The topological polar surface area (TPSA) is 56.7 Å². The quantitative estimate of drug-likeness (QED) is 0.716. The number of nitrogens with zero attached hydrogens (tertiary/aromatic N) is 3. The van der Waals surface area contributed by atoms with Crippen LogP contribution in [0.25, 0.3) is 5.69 Å². The Labute approximate surface area is 135 Å². The van der Waals surface area contributed by atoms with Gasteiger partial charge in [-0.1, -0.05) is 58.0 Å². The lowest BCUT2D eigenvalue weighted by molar-refractivity contribution is 0.886. The fraction of sp³-hybridized carbons (Fsp3) is 0.0667. The molecule has 0 aliphatic carbocycles. The zero-order valence-corrected chi connectivity index (χ0v) is 13.5. The summed E-state index contributed by atoms with van der Waals surface area (Å²) in [7, 11) is 0. The minimum Gasteiger partial charge on any atom is -0.368 e. The first kappa shape index (κ1) is 14.2. The standard InChI is InChI=1S/C15H13BrN4S/c16-12-6-8-13(9-7-12)20-14(17)18-19-15(20)21-10-11-4-2-1-3-5-11/h1-9H,10H2,(H2,17,18). The average Bonchev–Trinajstić information content (AvgIpc) is 2.88. The number of aromatic nitrogens is 3. The van der Waals surface area contributed by atoms with Crippen LogP contribution >= 0.6 is 27.7 Å². The summed E-state index contributed by atoms with van der Waals surface area (Å²) in [5.41, 5.74) is 8.14. The van der Waals surface area contributed by atoms with Crippen LogP contribution in [0, 0.1) is 0 Å². The van der Waals surface area contributed by atoms with E-state index in [4.69, 9.17) is 5.73 Å². The molecule has 6 heteroatoms. The van der Waals surface area contributed by atoms with E-state index in [1.807, 2.05) is 47.0 Å². The number of benzene rings is 2. The largest absolute Gasteiger partial charge is 0.368 e. The number of thioether (sulfide) groups is 1. The highest BCUT2D eigenvalue weighted by molar-refractivity contribution is 9.10. The van der Waals surface area contributed by atoms with E-state index in [9.17, 15) is 0 Å². The smallest absolute Gasteiger partial charge is 0.227 e. The Bertz CT molecular complexity index is 725. The number of halogens is 1. The van der Waals surface area contributed by atoms with Gasteiger partial charge in [-0.05, 0) is 29.8 Å². The molecule has 1 heterocycles. The highest BCUT2D eigenvalue weighted by Crippen LogP contribution is 2.26. The van der Waals surface area contributed by atoms with Gasteiger partial charge < -0.3 is 5.73 Å². The molecule has 2 N–H and O–H groups in total. The summed E-state index contributed by atoms with van der Waals surface area (Å²) in [4.78, 5) is 0. The van der Waals surface area contributed by atoms with Crippen molar-refractivity contribution in [2.24, 2.45) is 0 Å². The molecule has 3 rings (SSSR count). The minimum absolute atomic E-state index is 0.396. The normalized spacial score (nSPS) is 10.7. The number of anilines is 1. The van der Waals surface area contributed by atoms with Gasteiger partial charge in [-0.2, -0.15) is 0 Å². The van der Waals surface area contributed by atoms with Gasteiger partial charge >= 0.3 is 0 Å². The van der Waals surface area contributed by atoms with Gasteiger partial charge in [-0.25, -0.2) is 0 Å². The molecule has 0 amide bonds. The molecular formula is C15H13BrN4S. The van der Waals surface area contributed by atoms with Crippen LogP contribution < -0.4 is 5.73 Å². The Morgan fingerprint density at radius 2 is 1.71 bits per heavy atom. The molecule has 0 aliphatic heterocycles. The van der Waals surface area contributed by atoms with E-state index in [2.05, 4.69) is 38.3 Å². The number of hydrogen-bond acceptors (Lipinski definition) is 4. The Kier molecular flexibility index (Phi) is 4.26. The molecule has 0 saturated carbocycles. The monoisotopic (exact) mass is 360 g/mol. The summed E-state index contributed by atoms with van der Waals surface area (Å²) < 4.78 is 2.89. The van der Waals surface area contributed by atoms with Gasteiger partial charge in [-0.15, -0.1) is 10.2 Å². The van der Waals surface area contributed by atoms with E-state index >= 15 is 0 Å². The predicted molar refractivity (Wildman–Crippen MR) is 89.5 cm³/mol.